The van der Waals surface area contributed by atoms with Crippen molar-refractivity contribution in [3.05, 3.63) is 62.6 Å². The summed E-state index contributed by atoms with van der Waals surface area (Å²) in [6.07, 6.45) is 5.94. The third-order valence-electron chi connectivity index (χ3n) is 6.23. The fraction of sp³-hybridized carbons (Fsp3) is 0.542. The van der Waals surface area contributed by atoms with Crippen LogP contribution in [0, 0.1) is 0 Å². The van der Waals surface area contributed by atoms with Crippen LogP contribution >= 0.6 is 0 Å². The van der Waals surface area contributed by atoms with Crippen molar-refractivity contribution < 1.29 is 4.74 Å². The molecule has 0 bridgehead atoms. The van der Waals surface area contributed by atoms with Crippen LogP contribution in [0.5, 0.6) is 0 Å². The summed E-state index contributed by atoms with van der Waals surface area (Å²) in [6, 6.07) is 10.2. The highest BCUT2D eigenvalue weighted by Crippen LogP contribution is 2.35. The molecule has 1 aliphatic carbocycles. The maximum atomic E-state index is 13.5. The van der Waals surface area contributed by atoms with E-state index in [-0.39, 0.29) is 11.2 Å². The standard InChI is InChI=1S/C24H32N4O3/c1-3-14-27-23(29)20-22(26(24(27)30)15-9-16-31-2)25-21(19-12-7-8-13-19)28(20)17-18-10-5-4-6-11-18/h4-6,10-11,19H,3,7-9,12-17H2,1-2H3. The Hall–Kier alpha value is -2.67. The lowest BCUT2D eigenvalue weighted by Crippen LogP contribution is -2.40. The monoisotopic (exact) mass is 424 g/mol. The van der Waals surface area contributed by atoms with Crippen molar-refractivity contribution >= 4 is 11.2 Å². The molecule has 1 fully saturated rings. The molecule has 1 saturated carbocycles. The summed E-state index contributed by atoms with van der Waals surface area (Å²) >= 11 is 0. The zero-order chi connectivity index (χ0) is 21.8. The van der Waals surface area contributed by atoms with Crippen LogP contribution in [-0.2, 0) is 24.4 Å². The van der Waals surface area contributed by atoms with E-state index in [1.807, 2.05) is 25.1 Å². The Bertz CT molecular complexity index is 1140. The van der Waals surface area contributed by atoms with Gasteiger partial charge in [-0.3, -0.25) is 13.9 Å². The van der Waals surface area contributed by atoms with Crippen LogP contribution in [0.15, 0.2) is 39.9 Å². The van der Waals surface area contributed by atoms with Gasteiger partial charge in [0, 0.05) is 39.3 Å². The Morgan fingerprint density at radius 2 is 1.77 bits per heavy atom. The molecule has 0 atom stereocenters. The number of methoxy groups -OCH3 is 1. The van der Waals surface area contributed by atoms with E-state index in [0.717, 1.165) is 30.7 Å². The van der Waals surface area contributed by atoms with Crippen molar-refractivity contribution in [1.29, 1.82) is 0 Å². The van der Waals surface area contributed by atoms with Crippen molar-refractivity contribution in [1.82, 2.24) is 18.7 Å². The molecule has 166 valence electrons. The molecule has 0 aliphatic heterocycles. The van der Waals surface area contributed by atoms with Gasteiger partial charge in [-0.1, -0.05) is 50.1 Å². The lowest BCUT2D eigenvalue weighted by Gasteiger charge is -2.14. The molecule has 4 rings (SSSR count). The predicted octanol–water partition coefficient (Wildman–Crippen LogP) is 3.51. The molecule has 0 N–H and O–H groups in total. The number of benzene rings is 1. The molecule has 0 amide bonds. The topological polar surface area (TPSA) is 71.1 Å². The predicted molar refractivity (Wildman–Crippen MR) is 122 cm³/mol. The molecule has 3 aromatic rings. The van der Waals surface area contributed by atoms with Crippen molar-refractivity contribution in [3.63, 3.8) is 0 Å². The normalized spacial score (nSPS) is 14.6. The van der Waals surface area contributed by atoms with Crippen LogP contribution in [0.1, 0.15) is 62.8 Å². The summed E-state index contributed by atoms with van der Waals surface area (Å²) in [7, 11) is 1.66. The Morgan fingerprint density at radius 3 is 2.45 bits per heavy atom. The highest BCUT2D eigenvalue weighted by Gasteiger charge is 2.27. The Morgan fingerprint density at radius 1 is 1.03 bits per heavy atom. The van der Waals surface area contributed by atoms with Gasteiger partial charge in [-0.05, 0) is 31.2 Å². The van der Waals surface area contributed by atoms with Gasteiger partial charge in [-0.2, -0.15) is 0 Å². The zero-order valence-corrected chi connectivity index (χ0v) is 18.5. The SMILES string of the molecule is CCCn1c(=O)c2c(nc(C3CCCC3)n2Cc2ccccc2)n(CCCOC)c1=O. The molecular weight excluding hydrogens is 392 g/mol. The van der Waals surface area contributed by atoms with Gasteiger partial charge in [-0.15, -0.1) is 0 Å². The molecule has 1 aliphatic rings. The van der Waals surface area contributed by atoms with Gasteiger partial charge in [0.25, 0.3) is 5.56 Å². The number of hydrogen-bond donors (Lipinski definition) is 0. The number of rotatable bonds is 9. The van der Waals surface area contributed by atoms with Crippen molar-refractivity contribution in [2.75, 3.05) is 13.7 Å². The van der Waals surface area contributed by atoms with E-state index < -0.39 is 0 Å². The fourth-order valence-corrected chi connectivity index (χ4v) is 4.72. The molecule has 0 saturated heterocycles. The molecule has 1 aromatic carbocycles. The highest BCUT2D eigenvalue weighted by atomic mass is 16.5. The van der Waals surface area contributed by atoms with E-state index in [0.29, 0.717) is 49.7 Å². The first-order chi connectivity index (χ1) is 15.2. The van der Waals surface area contributed by atoms with Gasteiger partial charge in [0.05, 0.1) is 0 Å². The number of ether oxygens (including phenoxy) is 1. The van der Waals surface area contributed by atoms with E-state index in [1.54, 1.807) is 11.7 Å². The number of hydrogen-bond acceptors (Lipinski definition) is 4. The third-order valence-corrected chi connectivity index (χ3v) is 6.23. The van der Waals surface area contributed by atoms with Gasteiger partial charge in [-0.25, -0.2) is 9.78 Å². The lowest BCUT2D eigenvalue weighted by molar-refractivity contribution is 0.190. The van der Waals surface area contributed by atoms with Crippen molar-refractivity contribution in [3.8, 4) is 0 Å². The summed E-state index contributed by atoms with van der Waals surface area (Å²) in [5.41, 5.74) is 1.71. The van der Waals surface area contributed by atoms with E-state index in [2.05, 4.69) is 16.7 Å². The molecule has 0 unspecified atom stereocenters. The van der Waals surface area contributed by atoms with Crippen LogP contribution in [0.3, 0.4) is 0 Å². The zero-order valence-electron chi connectivity index (χ0n) is 18.5. The maximum Gasteiger partial charge on any atom is 0.332 e. The van der Waals surface area contributed by atoms with Crippen LogP contribution in [0.4, 0.5) is 0 Å². The van der Waals surface area contributed by atoms with Gasteiger partial charge in [0.15, 0.2) is 11.2 Å². The fourth-order valence-electron chi connectivity index (χ4n) is 4.72. The smallest absolute Gasteiger partial charge is 0.332 e. The van der Waals surface area contributed by atoms with E-state index in [1.165, 1.54) is 17.4 Å². The second kappa shape index (κ2) is 9.64. The van der Waals surface area contributed by atoms with Crippen molar-refractivity contribution in [2.45, 2.75) is 71.0 Å². The number of aromatic nitrogens is 4. The van der Waals surface area contributed by atoms with E-state index >= 15 is 0 Å². The molecule has 0 radical (unpaired) electrons. The summed E-state index contributed by atoms with van der Waals surface area (Å²) in [6.45, 7) is 4.02. The summed E-state index contributed by atoms with van der Waals surface area (Å²) < 4.78 is 10.4. The lowest BCUT2D eigenvalue weighted by atomic mass is 10.1. The molecule has 7 nitrogen and oxygen atoms in total. The second-order valence-electron chi connectivity index (χ2n) is 8.43. The van der Waals surface area contributed by atoms with Crippen LogP contribution in [0.2, 0.25) is 0 Å². The minimum Gasteiger partial charge on any atom is -0.385 e. The number of nitrogens with zero attached hydrogens (tertiary/aromatic N) is 4. The van der Waals surface area contributed by atoms with Gasteiger partial charge in [0.1, 0.15) is 5.82 Å². The number of fused-ring (bicyclic) bond motifs is 1. The minimum atomic E-state index is -0.266. The van der Waals surface area contributed by atoms with Crippen molar-refractivity contribution in [2.24, 2.45) is 0 Å². The Kier molecular flexibility index (Phi) is 6.70. The molecule has 2 heterocycles. The first kappa shape index (κ1) is 21.6. The van der Waals surface area contributed by atoms with E-state index in [9.17, 15) is 9.59 Å². The Labute approximate surface area is 182 Å². The molecule has 0 spiro atoms. The minimum absolute atomic E-state index is 0.225. The average Bonchev–Trinajstić information content (AvgIpc) is 3.43. The molecule has 31 heavy (non-hydrogen) atoms. The maximum absolute atomic E-state index is 13.5. The summed E-state index contributed by atoms with van der Waals surface area (Å²) in [5, 5.41) is 0. The van der Waals surface area contributed by atoms with Gasteiger partial charge >= 0.3 is 5.69 Å². The van der Waals surface area contributed by atoms with Gasteiger partial charge < -0.3 is 9.30 Å². The van der Waals surface area contributed by atoms with Gasteiger partial charge in [0.2, 0.25) is 0 Å². The van der Waals surface area contributed by atoms with Crippen LogP contribution in [-0.4, -0.2) is 32.4 Å². The van der Waals surface area contributed by atoms with E-state index in [4.69, 9.17) is 9.72 Å². The molecule has 7 heteroatoms. The number of imidazole rings is 1. The summed E-state index contributed by atoms with van der Waals surface area (Å²) in [5.74, 6) is 1.28. The quantitative estimate of drug-likeness (QED) is 0.493. The van der Waals surface area contributed by atoms with Crippen LogP contribution in [0.25, 0.3) is 11.2 Å². The molecule has 2 aromatic heterocycles. The first-order valence-corrected chi connectivity index (χ1v) is 11.4. The Balaban J connectivity index is 1.96. The average molecular weight is 425 g/mol. The number of aryl methyl sites for hydroxylation is 1. The highest BCUT2D eigenvalue weighted by molar-refractivity contribution is 5.71. The third kappa shape index (κ3) is 4.24. The molecular formula is C24H32N4O3. The second-order valence-corrected chi connectivity index (χ2v) is 8.43. The first-order valence-electron chi connectivity index (χ1n) is 11.4. The summed E-state index contributed by atoms with van der Waals surface area (Å²) in [4.78, 5) is 31.7. The largest absolute Gasteiger partial charge is 0.385 e. The van der Waals surface area contributed by atoms with Crippen LogP contribution < -0.4 is 11.2 Å².